The van der Waals surface area contributed by atoms with Crippen molar-refractivity contribution in [3.05, 3.63) is 17.7 Å². The summed E-state index contributed by atoms with van der Waals surface area (Å²) in [5, 5.41) is 0. The molecule has 0 aromatic heterocycles. The van der Waals surface area contributed by atoms with E-state index in [9.17, 15) is 8.42 Å². The van der Waals surface area contributed by atoms with Crippen molar-refractivity contribution in [1.82, 2.24) is 0 Å². The molecule has 0 aliphatic heterocycles. The largest absolute Gasteiger partial charge is 0.491 e. The monoisotopic (exact) mass is 274 g/mol. The number of rotatable bonds is 6. The Morgan fingerprint density at radius 2 is 1.94 bits per heavy atom. The quantitative estimate of drug-likeness (QED) is 0.406. The van der Waals surface area contributed by atoms with Crippen LogP contribution in [0, 0.1) is 0 Å². The van der Waals surface area contributed by atoms with Crippen LogP contribution in [0.4, 0.5) is 11.4 Å². The number of nitrogen functional groups attached to an aromatic ring is 2. The number of anilines is 2. The molecule has 6 nitrogen and oxygen atoms in total. The van der Waals surface area contributed by atoms with E-state index in [0.29, 0.717) is 17.1 Å². The minimum Gasteiger partial charge on any atom is -0.491 e. The minimum atomic E-state index is -3.94. The van der Waals surface area contributed by atoms with Crippen LogP contribution in [0.2, 0.25) is 0 Å². The van der Waals surface area contributed by atoms with Crippen molar-refractivity contribution in [2.45, 2.75) is 19.8 Å². The van der Waals surface area contributed by atoms with Crippen LogP contribution < -0.4 is 16.2 Å². The molecule has 7 heteroatoms. The summed E-state index contributed by atoms with van der Waals surface area (Å²) in [6, 6.07) is 3.37. The molecule has 0 saturated heterocycles. The lowest BCUT2D eigenvalue weighted by molar-refractivity contribution is 0.318. The van der Waals surface area contributed by atoms with Crippen LogP contribution >= 0.6 is 0 Å². The van der Waals surface area contributed by atoms with Crippen LogP contribution in [0.5, 0.6) is 5.75 Å². The molecule has 1 rings (SSSR count). The van der Waals surface area contributed by atoms with Crippen LogP contribution in [0.15, 0.2) is 12.1 Å². The highest BCUT2D eigenvalue weighted by molar-refractivity contribution is 7.85. The van der Waals surface area contributed by atoms with Gasteiger partial charge < -0.3 is 16.2 Å². The summed E-state index contributed by atoms with van der Waals surface area (Å²) in [7, 11) is -3.94. The van der Waals surface area contributed by atoms with Crippen LogP contribution in [-0.2, 0) is 16.5 Å². The molecule has 0 radical (unpaired) electrons. The predicted octanol–water partition coefficient (Wildman–Crippen LogP) is 1.07. The first-order chi connectivity index (χ1) is 8.33. The van der Waals surface area contributed by atoms with E-state index in [1.807, 2.05) is 6.92 Å². The second-order valence-corrected chi connectivity index (χ2v) is 5.50. The molecule has 1 aromatic rings. The first kappa shape index (κ1) is 14.6. The van der Waals surface area contributed by atoms with E-state index < -0.39 is 10.1 Å². The summed E-state index contributed by atoms with van der Waals surface area (Å²) >= 11 is 0. The first-order valence-corrected chi connectivity index (χ1v) is 7.20. The lowest BCUT2D eigenvalue weighted by Crippen LogP contribution is -2.09. The van der Waals surface area contributed by atoms with Crippen molar-refractivity contribution in [1.29, 1.82) is 0 Å². The topological polar surface area (TPSA) is 116 Å². The predicted molar refractivity (Wildman–Crippen MR) is 71.2 cm³/mol. The molecule has 18 heavy (non-hydrogen) atoms. The Balaban J connectivity index is 2.60. The molecule has 0 atom stereocenters. The Hall–Kier alpha value is -1.47. The molecule has 1 aromatic carbocycles. The SMILES string of the molecule is CCc1cc(N)c(OCCCS(=O)(=O)O)cc1N. The van der Waals surface area contributed by atoms with Crippen molar-refractivity contribution in [3.63, 3.8) is 0 Å². The third-order valence-corrected chi connectivity index (χ3v) is 3.26. The molecule has 0 aliphatic carbocycles. The number of hydrogen-bond donors (Lipinski definition) is 3. The Morgan fingerprint density at radius 1 is 1.28 bits per heavy atom. The fourth-order valence-electron chi connectivity index (χ4n) is 1.51. The van der Waals surface area contributed by atoms with Gasteiger partial charge in [-0.2, -0.15) is 8.42 Å². The van der Waals surface area contributed by atoms with Crippen molar-refractivity contribution in [2.75, 3.05) is 23.8 Å². The zero-order valence-corrected chi connectivity index (χ0v) is 11.0. The molecule has 0 unspecified atom stereocenters. The van der Waals surface area contributed by atoms with Gasteiger partial charge in [0, 0.05) is 11.8 Å². The summed E-state index contributed by atoms with van der Waals surface area (Å²) in [6.07, 6.45) is 0.965. The number of ether oxygens (including phenoxy) is 1. The van der Waals surface area contributed by atoms with Gasteiger partial charge in [0.05, 0.1) is 18.0 Å². The molecule has 0 fully saturated rings. The highest BCUT2D eigenvalue weighted by Gasteiger charge is 2.07. The molecular weight excluding hydrogens is 256 g/mol. The van der Waals surface area contributed by atoms with E-state index >= 15 is 0 Å². The van der Waals surface area contributed by atoms with Gasteiger partial charge in [-0.05, 0) is 24.5 Å². The number of nitrogens with two attached hydrogens (primary N) is 2. The van der Waals surface area contributed by atoms with Crippen LogP contribution in [0.3, 0.4) is 0 Å². The Bertz CT molecular complexity index is 514. The van der Waals surface area contributed by atoms with Crippen LogP contribution in [0.25, 0.3) is 0 Å². The van der Waals surface area contributed by atoms with Crippen molar-refractivity contribution < 1.29 is 17.7 Å². The fraction of sp³-hybridized carbons (Fsp3) is 0.455. The maximum Gasteiger partial charge on any atom is 0.264 e. The lowest BCUT2D eigenvalue weighted by atomic mass is 10.1. The van der Waals surface area contributed by atoms with Crippen molar-refractivity contribution in [3.8, 4) is 5.75 Å². The first-order valence-electron chi connectivity index (χ1n) is 5.59. The molecule has 0 aliphatic rings. The zero-order valence-electron chi connectivity index (χ0n) is 10.2. The van der Waals surface area contributed by atoms with Crippen LogP contribution in [0.1, 0.15) is 18.9 Å². The van der Waals surface area contributed by atoms with Gasteiger partial charge in [-0.3, -0.25) is 4.55 Å². The summed E-state index contributed by atoms with van der Waals surface area (Å²) < 4.78 is 34.9. The average molecular weight is 274 g/mol. The lowest BCUT2D eigenvalue weighted by Gasteiger charge is -2.11. The molecule has 0 saturated carbocycles. The molecular formula is C11H18N2O4S. The number of benzene rings is 1. The van der Waals surface area contributed by atoms with E-state index in [-0.39, 0.29) is 18.8 Å². The molecule has 0 bridgehead atoms. The third-order valence-electron chi connectivity index (χ3n) is 2.46. The van der Waals surface area contributed by atoms with E-state index in [1.165, 1.54) is 0 Å². The van der Waals surface area contributed by atoms with Gasteiger partial charge in [-0.15, -0.1) is 0 Å². The summed E-state index contributed by atoms with van der Waals surface area (Å²) in [6.45, 7) is 2.12. The van der Waals surface area contributed by atoms with E-state index in [4.69, 9.17) is 20.8 Å². The minimum absolute atomic E-state index is 0.148. The van der Waals surface area contributed by atoms with E-state index in [0.717, 1.165) is 12.0 Å². The van der Waals surface area contributed by atoms with Crippen LogP contribution in [-0.4, -0.2) is 25.3 Å². The maximum atomic E-state index is 10.5. The van der Waals surface area contributed by atoms with Gasteiger partial charge >= 0.3 is 0 Å². The molecule has 0 heterocycles. The van der Waals surface area contributed by atoms with Gasteiger partial charge in [0.15, 0.2) is 0 Å². The molecule has 0 amide bonds. The third kappa shape index (κ3) is 4.42. The summed E-state index contributed by atoms with van der Waals surface area (Å²) in [4.78, 5) is 0. The number of aryl methyl sites for hydroxylation is 1. The Morgan fingerprint density at radius 3 is 2.50 bits per heavy atom. The Kier molecular flexibility index (Phi) is 4.80. The normalized spacial score (nSPS) is 11.4. The molecule has 102 valence electrons. The smallest absolute Gasteiger partial charge is 0.264 e. The highest BCUT2D eigenvalue weighted by Crippen LogP contribution is 2.28. The maximum absolute atomic E-state index is 10.5. The molecule has 5 N–H and O–H groups in total. The standard InChI is InChI=1S/C11H18N2O4S/c1-2-8-6-10(13)11(7-9(8)12)17-4-3-5-18(14,15)16/h6-7H,2-5,12-13H2,1H3,(H,14,15,16). The van der Waals surface area contributed by atoms with Gasteiger partial charge in [-0.1, -0.05) is 6.92 Å². The van der Waals surface area contributed by atoms with E-state index in [1.54, 1.807) is 12.1 Å². The fourth-order valence-corrected chi connectivity index (χ4v) is 2.00. The molecule has 0 spiro atoms. The average Bonchev–Trinajstić information content (AvgIpc) is 2.27. The van der Waals surface area contributed by atoms with Gasteiger partial charge in [-0.25, -0.2) is 0 Å². The van der Waals surface area contributed by atoms with E-state index in [2.05, 4.69) is 0 Å². The number of hydrogen-bond acceptors (Lipinski definition) is 5. The van der Waals surface area contributed by atoms with Crippen molar-refractivity contribution in [2.24, 2.45) is 0 Å². The van der Waals surface area contributed by atoms with Crippen molar-refractivity contribution >= 4 is 21.5 Å². The highest BCUT2D eigenvalue weighted by atomic mass is 32.2. The second-order valence-electron chi connectivity index (χ2n) is 3.93. The second kappa shape index (κ2) is 5.92. The Labute approximate surface area is 107 Å². The summed E-state index contributed by atoms with van der Waals surface area (Å²) in [5.41, 5.74) is 13.6. The van der Waals surface area contributed by atoms with Gasteiger partial charge in [0.1, 0.15) is 5.75 Å². The van der Waals surface area contributed by atoms with Gasteiger partial charge in [0.25, 0.3) is 10.1 Å². The van der Waals surface area contributed by atoms with Gasteiger partial charge in [0.2, 0.25) is 0 Å². The zero-order chi connectivity index (χ0) is 13.8. The summed E-state index contributed by atoms with van der Waals surface area (Å²) in [5.74, 6) is 0.0927.